The fourth-order valence-corrected chi connectivity index (χ4v) is 13.1. The predicted molar refractivity (Wildman–Crippen MR) is 207 cm³/mol. The Bertz CT molecular complexity index is 2040. The zero-order chi connectivity index (χ0) is 41.3. The van der Waals surface area contributed by atoms with E-state index in [1.807, 2.05) is 38.1 Å². The number of benzene rings is 2. The maximum absolute atomic E-state index is 13.7. The van der Waals surface area contributed by atoms with Crippen molar-refractivity contribution >= 4 is 11.9 Å². The molecule has 0 radical (unpaired) electrons. The summed E-state index contributed by atoms with van der Waals surface area (Å²) in [7, 11) is 0. The molecule has 59 heavy (non-hydrogen) atoms. The molecule has 5 N–H and O–H groups in total. The molecule has 13 heteroatoms. The second kappa shape index (κ2) is 13.5. The number of allylic oxidation sites excluding steroid dienone is 2. The molecular weight excluding hydrogens is 760 g/mol. The zero-order valence-corrected chi connectivity index (χ0v) is 33.5. The molecule has 0 aromatic heterocycles. The molecule has 5 heterocycles. The van der Waals surface area contributed by atoms with Gasteiger partial charge in [-0.2, -0.15) is 0 Å². The van der Waals surface area contributed by atoms with Crippen LogP contribution in [-0.4, -0.2) is 109 Å². The summed E-state index contributed by atoms with van der Waals surface area (Å²) in [5.74, 6) is -6.61. The smallest absolute Gasteiger partial charge is 0.338 e. The Morgan fingerprint density at radius 3 is 2.32 bits per heavy atom. The van der Waals surface area contributed by atoms with Gasteiger partial charge in [0.15, 0.2) is 0 Å². The van der Waals surface area contributed by atoms with Crippen LogP contribution in [0.1, 0.15) is 75.2 Å². The molecule has 4 saturated carbocycles. The minimum Gasteiger partial charge on any atom is -0.456 e. The van der Waals surface area contributed by atoms with Crippen molar-refractivity contribution in [2.45, 2.75) is 130 Å². The van der Waals surface area contributed by atoms with Crippen molar-refractivity contribution in [3.63, 3.8) is 0 Å². The molecule has 9 aliphatic rings. The average Bonchev–Trinajstić information content (AvgIpc) is 3.92. The molecule has 4 saturated heterocycles. The Labute approximate surface area is 342 Å². The van der Waals surface area contributed by atoms with Gasteiger partial charge < -0.3 is 54.0 Å². The van der Waals surface area contributed by atoms with Crippen molar-refractivity contribution in [3.05, 3.63) is 96.1 Å². The van der Waals surface area contributed by atoms with Crippen LogP contribution >= 0.6 is 0 Å². The van der Waals surface area contributed by atoms with Crippen molar-refractivity contribution in [1.82, 2.24) is 0 Å². The van der Waals surface area contributed by atoms with Crippen LogP contribution in [0.2, 0.25) is 0 Å². The van der Waals surface area contributed by atoms with Gasteiger partial charge >= 0.3 is 17.9 Å². The summed E-state index contributed by atoms with van der Waals surface area (Å²) in [6.07, 6.45) is 2.19. The standard InChI is InChI=1S/C46H54O13/c1-25-21-32-43(52)35(25)55-33(48)20-11-10-19-31(54-39(49)28-14-6-4-7-15-28)29-16-12-13-27(22-29)23-41(3,51)45(53)36-26(2)44(32)34(37-42(24-47,56-37)40(43)50)38(45)58-46(57-36,59-44)30-17-8-5-9-18-30/h4-11,14-15,17-20,25-27,29,31-32,34-38,40,47,50-53H,12-13,16,21-24H2,1-3H3/b19-10-,20-11+/t25-,26+,27+,29?,31+,32+,34?,35-,36-,37-,38+,40+,41+,42-,43+,44-,45-,46?/m0/s1. The first-order valence-corrected chi connectivity index (χ1v) is 21.2. The van der Waals surface area contributed by atoms with Gasteiger partial charge in [0.05, 0.1) is 23.4 Å². The van der Waals surface area contributed by atoms with E-state index < -0.39 is 113 Å². The third-order valence-electron chi connectivity index (χ3n) is 15.8. The third-order valence-corrected chi connectivity index (χ3v) is 15.8. The molecule has 18 atom stereocenters. The number of fused-ring (bicyclic) bond motifs is 3. The maximum atomic E-state index is 13.7. The van der Waals surface area contributed by atoms with Gasteiger partial charge in [0.25, 0.3) is 0 Å². The van der Waals surface area contributed by atoms with Gasteiger partial charge in [0, 0.05) is 29.4 Å². The third kappa shape index (κ3) is 5.35. The van der Waals surface area contributed by atoms with Crippen molar-refractivity contribution in [2.75, 3.05) is 6.61 Å². The second-order valence-corrected chi connectivity index (χ2v) is 18.9. The van der Waals surface area contributed by atoms with Gasteiger partial charge in [-0.25, -0.2) is 9.59 Å². The Hall–Kier alpha value is -3.50. The van der Waals surface area contributed by atoms with E-state index in [1.165, 1.54) is 12.2 Å². The van der Waals surface area contributed by atoms with Gasteiger partial charge in [-0.1, -0.05) is 87.4 Å². The van der Waals surface area contributed by atoms with Gasteiger partial charge in [0.1, 0.15) is 53.4 Å². The first-order chi connectivity index (χ1) is 28.2. The Balaban J connectivity index is 1.13. The Kier molecular flexibility index (Phi) is 9.07. The zero-order valence-electron chi connectivity index (χ0n) is 33.5. The summed E-state index contributed by atoms with van der Waals surface area (Å²) < 4.78 is 39.6. The first-order valence-electron chi connectivity index (χ1n) is 21.2. The largest absolute Gasteiger partial charge is 0.456 e. The van der Waals surface area contributed by atoms with Crippen molar-refractivity contribution < 1.29 is 63.5 Å². The minimum atomic E-state index is -2.22. The van der Waals surface area contributed by atoms with Crippen LogP contribution in [0, 0.1) is 35.5 Å². The molecule has 13 nitrogen and oxygen atoms in total. The van der Waals surface area contributed by atoms with E-state index in [4.69, 9.17) is 28.4 Å². The van der Waals surface area contributed by atoms with Crippen LogP contribution < -0.4 is 0 Å². The topological polar surface area (TPSA) is 194 Å². The quantitative estimate of drug-likeness (QED) is 0.223. The molecule has 4 aliphatic carbocycles. The number of carbonyl (C=O) groups is 2. The van der Waals surface area contributed by atoms with Gasteiger partial charge in [-0.05, 0) is 68.6 Å². The highest BCUT2D eigenvalue weighted by atomic mass is 16.9. The minimum absolute atomic E-state index is 0.126. The van der Waals surface area contributed by atoms with Crippen molar-refractivity contribution in [3.8, 4) is 0 Å². The molecule has 10 bridgehead atoms. The van der Waals surface area contributed by atoms with Gasteiger partial charge in [-0.3, -0.25) is 0 Å². The van der Waals surface area contributed by atoms with Gasteiger partial charge in [-0.15, -0.1) is 0 Å². The Morgan fingerprint density at radius 1 is 0.881 bits per heavy atom. The summed E-state index contributed by atoms with van der Waals surface area (Å²) in [6.45, 7) is 4.61. The summed E-state index contributed by atoms with van der Waals surface area (Å²) in [5, 5.41) is 63.4. The van der Waals surface area contributed by atoms with Crippen LogP contribution in [0.5, 0.6) is 0 Å². The number of carbonyl (C=O) groups excluding carboxylic acids is 2. The fourth-order valence-electron chi connectivity index (χ4n) is 13.1. The number of aliphatic hydroxyl groups is 5. The highest BCUT2D eigenvalue weighted by Crippen LogP contribution is 2.75. The van der Waals surface area contributed by atoms with Crippen LogP contribution in [0.4, 0.5) is 0 Å². The summed E-state index contributed by atoms with van der Waals surface area (Å²) in [6, 6.07) is 17.8. The maximum Gasteiger partial charge on any atom is 0.338 e. The number of epoxide rings is 1. The summed E-state index contributed by atoms with van der Waals surface area (Å²) >= 11 is 0. The summed E-state index contributed by atoms with van der Waals surface area (Å²) in [4.78, 5) is 27.2. The lowest BCUT2D eigenvalue weighted by Crippen LogP contribution is -2.89. The van der Waals surface area contributed by atoms with E-state index in [1.54, 1.807) is 55.5 Å². The van der Waals surface area contributed by atoms with Crippen LogP contribution in [0.3, 0.4) is 0 Å². The molecule has 316 valence electrons. The molecule has 0 amide bonds. The van der Waals surface area contributed by atoms with E-state index in [2.05, 4.69) is 0 Å². The highest BCUT2D eigenvalue weighted by Gasteiger charge is 2.91. The SMILES string of the molecule is C[C@@H]1[C@@H]2OC3(c4ccccc4)O[C@@H]4C5[C@@H]6O[C@]6(CO)[C@@H](O)[C@]6(O)[C@@H](OC(=O)/C=C/C=C\[C@@H](OC(=O)c7ccccc7)C7CCC[C@H](C7)C[C@@](C)(O)[C@@]42O)[C@@H](C)C[C@H]6[C@]51O3. The van der Waals surface area contributed by atoms with Crippen LogP contribution in [0.15, 0.2) is 85.0 Å². The van der Waals surface area contributed by atoms with E-state index >= 15 is 0 Å². The van der Waals surface area contributed by atoms with E-state index in [0.29, 0.717) is 17.5 Å². The van der Waals surface area contributed by atoms with Gasteiger partial charge in [0.2, 0.25) is 0 Å². The highest BCUT2D eigenvalue weighted by molar-refractivity contribution is 5.89. The molecular formula is C46H54O13. The number of esters is 2. The first kappa shape index (κ1) is 39.6. The number of aliphatic hydroxyl groups excluding tert-OH is 2. The van der Waals surface area contributed by atoms with Crippen LogP contribution in [-0.2, 0) is 39.2 Å². The number of rotatable bonds is 4. The molecule has 3 unspecified atom stereocenters. The molecule has 1 spiro atoms. The summed E-state index contributed by atoms with van der Waals surface area (Å²) in [5.41, 5.74) is -8.46. The van der Waals surface area contributed by atoms with Crippen molar-refractivity contribution in [1.29, 1.82) is 0 Å². The normalized spacial score (nSPS) is 51.7. The lowest BCUT2D eigenvalue weighted by atomic mass is 9.49. The molecule has 5 aliphatic heterocycles. The molecule has 2 aromatic carbocycles. The van der Waals surface area contributed by atoms with E-state index in [9.17, 15) is 35.1 Å². The number of ether oxygens (including phenoxy) is 6. The van der Waals surface area contributed by atoms with E-state index in [-0.39, 0.29) is 24.7 Å². The predicted octanol–water partition coefficient (Wildman–Crippen LogP) is 3.45. The number of hydrogen-bond acceptors (Lipinski definition) is 13. The van der Waals surface area contributed by atoms with Crippen molar-refractivity contribution in [2.24, 2.45) is 35.5 Å². The van der Waals surface area contributed by atoms with E-state index in [0.717, 1.165) is 19.3 Å². The van der Waals surface area contributed by atoms with Crippen LogP contribution in [0.25, 0.3) is 0 Å². The fraction of sp³-hybridized carbons (Fsp3) is 0.609. The number of hydrogen-bond donors (Lipinski definition) is 5. The molecule has 8 fully saturated rings. The average molecular weight is 815 g/mol. The molecule has 2 aromatic rings. The lowest BCUT2D eigenvalue weighted by Gasteiger charge is -2.74. The Morgan fingerprint density at radius 2 is 1.59 bits per heavy atom. The second-order valence-electron chi connectivity index (χ2n) is 18.9. The lowest BCUT2D eigenvalue weighted by molar-refractivity contribution is -0.595. The monoisotopic (exact) mass is 814 g/mol. The molecule has 11 rings (SSSR count).